The number of anilines is 1. The van der Waals surface area contributed by atoms with E-state index >= 15 is 0 Å². The van der Waals surface area contributed by atoms with Crippen molar-refractivity contribution < 1.29 is 9.53 Å². The predicted octanol–water partition coefficient (Wildman–Crippen LogP) is 1.93. The zero-order valence-electron chi connectivity index (χ0n) is 11.2. The molecule has 4 heteroatoms. The van der Waals surface area contributed by atoms with Crippen LogP contribution in [-0.4, -0.2) is 23.5 Å². The number of hydrogen-bond donors (Lipinski definition) is 1. The molecule has 1 aromatic rings. The zero-order chi connectivity index (χ0) is 13.3. The minimum atomic E-state index is -0.729. The fraction of sp³-hybridized carbons (Fsp3) is 0.500. The third kappa shape index (κ3) is 2.08. The van der Waals surface area contributed by atoms with Gasteiger partial charge in [-0.1, -0.05) is 13.0 Å². The molecule has 1 aliphatic rings. The van der Waals surface area contributed by atoms with Gasteiger partial charge in [-0.25, -0.2) is 0 Å². The summed E-state index contributed by atoms with van der Waals surface area (Å²) in [6, 6.07) is 5.81. The molecule has 0 saturated heterocycles. The molecular formula is C14H20N2O2. The summed E-state index contributed by atoms with van der Waals surface area (Å²) in [6.07, 6.45) is 0.664. The first-order valence-corrected chi connectivity index (χ1v) is 6.22. The van der Waals surface area contributed by atoms with Crippen molar-refractivity contribution in [1.29, 1.82) is 0 Å². The maximum atomic E-state index is 12.5. The molecule has 2 N–H and O–H groups in total. The Morgan fingerprint density at radius 1 is 1.44 bits per heavy atom. The number of carbonyl (C=O) groups excluding carboxylic acids is 1. The van der Waals surface area contributed by atoms with Crippen LogP contribution >= 0.6 is 0 Å². The second-order valence-electron chi connectivity index (χ2n) is 4.98. The van der Waals surface area contributed by atoms with Gasteiger partial charge in [-0.15, -0.1) is 0 Å². The molecule has 98 valence electrons. The molecule has 2 rings (SSSR count). The Morgan fingerprint density at radius 2 is 2.11 bits per heavy atom. The monoisotopic (exact) mass is 248 g/mol. The number of fused-ring (bicyclic) bond motifs is 1. The van der Waals surface area contributed by atoms with Crippen LogP contribution in [0.15, 0.2) is 18.2 Å². The Hall–Kier alpha value is -1.55. The molecule has 1 heterocycles. The lowest BCUT2D eigenvalue weighted by molar-refractivity contribution is -0.154. The predicted molar refractivity (Wildman–Crippen MR) is 70.8 cm³/mol. The first kappa shape index (κ1) is 12.9. The van der Waals surface area contributed by atoms with Gasteiger partial charge in [0.25, 0.3) is 5.91 Å². The summed E-state index contributed by atoms with van der Waals surface area (Å²) in [5.41, 5.74) is 8.09. The molecule has 18 heavy (non-hydrogen) atoms. The van der Waals surface area contributed by atoms with E-state index in [0.717, 1.165) is 11.3 Å². The minimum Gasteiger partial charge on any atom is -0.399 e. The average molecular weight is 248 g/mol. The minimum absolute atomic E-state index is 0.0438. The molecule has 0 saturated carbocycles. The molecule has 1 unspecified atom stereocenters. The highest BCUT2D eigenvalue weighted by atomic mass is 16.5. The topological polar surface area (TPSA) is 55.6 Å². The van der Waals surface area contributed by atoms with Crippen molar-refractivity contribution >= 4 is 11.6 Å². The summed E-state index contributed by atoms with van der Waals surface area (Å²) in [7, 11) is 1.59. The molecule has 0 aliphatic carbocycles. The summed E-state index contributed by atoms with van der Waals surface area (Å²) in [5, 5.41) is 0. The number of rotatable bonds is 3. The molecule has 1 aromatic carbocycles. The number of methoxy groups -OCH3 is 1. The van der Waals surface area contributed by atoms with Crippen molar-refractivity contribution in [3.63, 3.8) is 0 Å². The number of benzene rings is 1. The Bertz CT molecular complexity index is 467. The van der Waals surface area contributed by atoms with E-state index in [1.165, 1.54) is 5.56 Å². The standard InChI is InChI=1S/C14H20N2O2/c1-4-14(2,18-3)13(17)16-8-10-5-6-12(15)7-11(10)9-16/h5-7H,4,8-9,15H2,1-3H3. The first-order chi connectivity index (χ1) is 8.50. The van der Waals surface area contributed by atoms with Crippen molar-refractivity contribution in [3.8, 4) is 0 Å². The Morgan fingerprint density at radius 3 is 2.72 bits per heavy atom. The number of nitrogens with zero attached hydrogens (tertiary/aromatic N) is 1. The highest BCUT2D eigenvalue weighted by molar-refractivity contribution is 5.85. The quantitative estimate of drug-likeness (QED) is 0.831. The van der Waals surface area contributed by atoms with Crippen molar-refractivity contribution in [1.82, 2.24) is 4.90 Å². The van der Waals surface area contributed by atoms with E-state index < -0.39 is 5.60 Å². The number of hydrogen-bond acceptors (Lipinski definition) is 3. The maximum Gasteiger partial charge on any atom is 0.255 e. The second kappa shape index (κ2) is 4.61. The zero-order valence-corrected chi connectivity index (χ0v) is 11.2. The van der Waals surface area contributed by atoms with Crippen LogP contribution in [0.3, 0.4) is 0 Å². The lowest BCUT2D eigenvalue weighted by Crippen LogP contribution is -2.45. The second-order valence-corrected chi connectivity index (χ2v) is 4.98. The third-order valence-electron chi connectivity index (χ3n) is 3.82. The van der Waals surface area contributed by atoms with Gasteiger partial charge < -0.3 is 15.4 Å². The van der Waals surface area contributed by atoms with Gasteiger partial charge in [0.1, 0.15) is 5.60 Å². The van der Waals surface area contributed by atoms with Crippen molar-refractivity contribution in [2.45, 2.75) is 39.0 Å². The molecule has 4 nitrogen and oxygen atoms in total. The van der Waals surface area contributed by atoms with Crippen LogP contribution in [0.1, 0.15) is 31.4 Å². The third-order valence-corrected chi connectivity index (χ3v) is 3.82. The number of nitrogens with two attached hydrogens (primary N) is 1. The fourth-order valence-corrected chi connectivity index (χ4v) is 2.28. The molecule has 1 amide bonds. The molecule has 0 radical (unpaired) electrons. The smallest absolute Gasteiger partial charge is 0.255 e. The average Bonchev–Trinajstić information content (AvgIpc) is 2.79. The summed E-state index contributed by atoms with van der Waals surface area (Å²) < 4.78 is 5.37. The lowest BCUT2D eigenvalue weighted by Gasteiger charge is -2.30. The molecule has 0 spiro atoms. The normalized spacial score (nSPS) is 17.4. The number of nitrogen functional groups attached to an aromatic ring is 1. The van der Waals surface area contributed by atoms with Crippen LogP contribution in [0.4, 0.5) is 5.69 Å². The highest BCUT2D eigenvalue weighted by Gasteiger charge is 2.37. The van der Waals surface area contributed by atoms with E-state index in [1.54, 1.807) is 7.11 Å². The van der Waals surface area contributed by atoms with Gasteiger partial charge in [0.15, 0.2) is 0 Å². The highest BCUT2D eigenvalue weighted by Crippen LogP contribution is 2.28. The first-order valence-electron chi connectivity index (χ1n) is 6.22. The van der Waals surface area contributed by atoms with E-state index in [1.807, 2.05) is 36.9 Å². The molecular weight excluding hydrogens is 228 g/mol. The number of carbonyl (C=O) groups is 1. The van der Waals surface area contributed by atoms with Gasteiger partial charge in [-0.2, -0.15) is 0 Å². The van der Waals surface area contributed by atoms with Gasteiger partial charge in [0, 0.05) is 25.9 Å². The summed E-state index contributed by atoms with van der Waals surface area (Å²) in [6.45, 7) is 5.07. The van der Waals surface area contributed by atoms with E-state index in [9.17, 15) is 4.79 Å². The van der Waals surface area contributed by atoms with Gasteiger partial charge in [0.2, 0.25) is 0 Å². The number of ether oxygens (including phenoxy) is 1. The fourth-order valence-electron chi connectivity index (χ4n) is 2.28. The molecule has 0 fully saturated rings. The lowest BCUT2D eigenvalue weighted by atomic mass is 10.0. The number of amides is 1. The van der Waals surface area contributed by atoms with Crippen LogP contribution in [0.2, 0.25) is 0 Å². The Labute approximate surface area is 108 Å². The molecule has 0 bridgehead atoms. The van der Waals surface area contributed by atoms with E-state index in [4.69, 9.17) is 10.5 Å². The van der Waals surface area contributed by atoms with Crippen LogP contribution in [0, 0.1) is 0 Å². The van der Waals surface area contributed by atoms with Crippen LogP contribution in [0.25, 0.3) is 0 Å². The van der Waals surface area contributed by atoms with E-state index in [0.29, 0.717) is 19.5 Å². The van der Waals surface area contributed by atoms with Crippen molar-refractivity contribution in [2.24, 2.45) is 0 Å². The largest absolute Gasteiger partial charge is 0.399 e. The van der Waals surface area contributed by atoms with Gasteiger partial charge in [0.05, 0.1) is 0 Å². The van der Waals surface area contributed by atoms with Crippen LogP contribution in [0.5, 0.6) is 0 Å². The van der Waals surface area contributed by atoms with Crippen molar-refractivity contribution in [3.05, 3.63) is 29.3 Å². The van der Waals surface area contributed by atoms with Crippen molar-refractivity contribution in [2.75, 3.05) is 12.8 Å². The molecule has 1 atom stereocenters. The Kier molecular flexibility index (Phi) is 3.30. The van der Waals surface area contributed by atoms with E-state index in [2.05, 4.69) is 0 Å². The van der Waals surface area contributed by atoms with Gasteiger partial charge >= 0.3 is 0 Å². The molecule has 1 aliphatic heterocycles. The molecule has 0 aromatic heterocycles. The van der Waals surface area contributed by atoms with Crippen LogP contribution in [-0.2, 0) is 22.6 Å². The van der Waals surface area contributed by atoms with Gasteiger partial charge in [-0.3, -0.25) is 4.79 Å². The SMILES string of the molecule is CCC(C)(OC)C(=O)N1Cc2ccc(N)cc2C1. The van der Waals surface area contributed by atoms with Gasteiger partial charge in [-0.05, 0) is 36.6 Å². The van der Waals surface area contributed by atoms with E-state index in [-0.39, 0.29) is 5.91 Å². The Balaban J connectivity index is 2.18. The summed E-state index contributed by atoms with van der Waals surface area (Å²) in [4.78, 5) is 14.3. The maximum absolute atomic E-state index is 12.5. The van der Waals surface area contributed by atoms with Crippen LogP contribution < -0.4 is 5.73 Å². The summed E-state index contributed by atoms with van der Waals surface area (Å²) in [5.74, 6) is 0.0438. The summed E-state index contributed by atoms with van der Waals surface area (Å²) >= 11 is 0.